The molecule has 0 bridgehead atoms. The molecule has 0 aliphatic rings. The number of nitro groups is 1. The first kappa shape index (κ1) is 26.1. The van der Waals surface area contributed by atoms with Gasteiger partial charge in [-0.25, -0.2) is 9.97 Å². The molecule has 0 fully saturated rings. The summed E-state index contributed by atoms with van der Waals surface area (Å²) in [4.78, 5) is 32.8. The van der Waals surface area contributed by atoms with E-state index in [1.165, 1.54) is 23.9 Å². The van der Waals surface area contributed by atoms with Gasteiger partial charge in [0.25, 0.3) is 5.69 Å². The number of nitrogens with one attached hydrogen (secondary N) is 1. The lowest BCUT2D eigenvalue weighted by Gasteiger charge is -2.09. The number of imidazole rings is 1. The Kier molecular flexibility index (Phi) is 7.49. The number of hydrogen-bond acceptors (Lipinski definition) is 8. The van der Waals surface area contributed by atoms with Gasteiger partial charge >= 0.3 is 0 Å². The molecule has 0 saturated heterocycles. The first-order chi connectivity index (χ1) is 19.5. The van der Waals surface area contributed by atoms with Gasteiger partial charge in [-0.05, 0) is 48.0 Å². The molecule has 0 saturated carbocycles. The number of carbonyl (C=O) groups is 1. The number of carbonyl (C=O) groups excluding carboxylic acids is 1. The molecule has 8 nitrogen and oxygen atoms in total. The van der Waals surface area contributed by atoms with E-state index in [-0.39, 0.29) is 17.3 Å². The molecule has 0 spiro atoms. The fraction of sp³-hybridized carbons (Fsp3) is 0.0690. The van der Waals surface area contributed by atoms with Crippen LogP contribution in [0, 0.1) is 10.1 Å². The largest absolute Gasteiger partial charge is 0.325 e. The summed E-state index contributed by atoms with van der Waals surface area (Å²) in [7, 11) is 0. The van der Waals surface area contributed by atoms with Crippen molar-refractivity contribution in [1.29, 1.82) is 0 Å². The highest BCUT2D eigenvalue weighted by atomic mass is 32.2. The van der Waals surface area contributed by atoms with Crippen LogP contribution in [0.4, 0.5) is 11.4 Å². The third-order valence-electron chi connectivity index (χ3n) is 6.04. The number of hydrogen-bond donors (Lipinski definition) is 1. The van der Waals surface area contributed by atoms with E-state index >= 15 is 0 Å². The number of amides is 1. The topological polar surface area (TPSA) is 103 Å². The second-order valence-electron chi connectivity index (χ2n) is 8.77. The number of aromatic nitrogens is 3. The van der Waals surface area contributed by atoms with Crippen molar-refractivity contribution in [1.82, 2.24) is 14.5 Å². The summed E-state index contributed by atoms with van der Waals surface area (Å²) in [5.41, 5.74) is 5.52. The van der Waals surface area contributed by atoms with Crippen molar-refractivity contribution in [3.05, 3.63) is 113 Å². The number of thioether (sulfide) groups is 2. The first-order valence-electron chi connectivity index (χ1n) is 12.3. The van der Waals surface area contributed by atoms with E-state index in [4.69, 9.17) is 4.98 Å². The quantitative estimate of drug-likeness (QED) is 0.106. The van der Waals surface area contributed by atoms with Crippen LogP contribution in [0.5, 0.6) is 0 Å². The smallest absolute Gasteiger partial charge is 0.269 e. The normalized spacial score (nSPS) is 11.2. The summed E-state index contributed by atoms with van der Waals surface area (Å²) in [6, 6.07) is 30.2. The van der Waals surface area contributed by atoms with Gasteiger partial charge in [-0.15, -0.1) is 11.3 Å². The summed E-state index contributed by atoms with van der Waals surface area (Å²) in [5, 5.41) is 14.6. The maximum Gasteiger partial charge on any atom is 0.269 e. The average molecular weight is 584 g/mol. The minimum Gasteiger partial charge on any atom is -0.325 e. The molecular formula is C29H21N5O3S3. The highest BCUT2D eigenvalue weighted by Crippen LogP contribution is 2.33. The van der Waals surface area contributed by atoms with Gasteiger partial charge in [0.05, 0.1) is 31.9 Å². The molecule has 11 heteroatoms. The van der Waals surface area contributed by atoms with Crippen LogP contribution in [0.3, 0.4) is 0 Å². The Hall–Kier alpha value is -4.19. The zero-order chi connectivity index (χ0) is 27.5. The zero-order valence-corrected chi connectivity index (χ0v) is 23.3. The highest BCUT2D eigenvalue weighted by Gasteiger charge is 2.15. The van der Waals surface area contributed by atoms with Gasteiger partial charge in [-0.1, -0.05) is 66.0 Å². The standard InChI is InChI=1S/C29H21N5O3S3/c35-27(18-38-28-31-23-8-4-5-9-25(23)33(28)21-6-2-1-3-7-21)30-20-12-15-24-26(16-20)40-29(32-24)39-17-19-10-13-22(14-11-19)34(36)37/h1-16H,17-18H2,(H,30,35). The molecule has 0 unspecified atom stereocenters. The maximum atomic E-state index is 12.9. The first-order valence-corrected chi connectivity index (χ1v) is 15.0. The Balaban J connectivity index is 1.11. The molecule has 2 aromatic heterocycles. The molecule has 6 aromatic rings. The van der Waals surface area contributed by atoms with Gasteiger partial charge in [-0.3, -0.25) is 19.5 Å². The SMILES string of the molecule is O=C(CSc1nc2ccccc2n1-c1ccccc1)Nc1ccc2nc(SCc3ccc([N+](=O)[O-])cc3)sc2c1. The monoisotopic (exact) mass is 583 g/mol. The molecule has 6 rings (SSSR count). The molecule has 0 aliphatic carbocycles. The predicted molar refractivity (Wildman–Crippen MR) is 163 cm³/mol. The zero-order valence-electron chi connectivity index (χ0n) is 20.9. The highest BCUT2D eigenvalue weighted by molar-refractivity contribution is 8.00. The van der Waals surface area contributed by atoms with Crippen LogP contribution in [-0.2, 0) is 10.5 Å². The summed E-state index contributed by atoms with van der Waals surface area (Å²) in [5.74, 6) is 0.757. The molecule has 0 aliphatic heterocycles. The minimum absolute atomic E-state index is 0.0801. The van der Waals surface area contributed by atoms with Crippen molar-refractivity contribution in [2.24, 2.45) is 0 Å². The van der Waals surface area contributed by atoms with Crippen LogP contribution in [0.2, 0.25) is 0 Å². The number of non-ortho nitro benzene ring substituents is 1. The van der Waals surface area contributed by atoms with Crippen LogP contribution in [-0.4, -0.2) is 31.1 Å². The van der Waals surface area contributed by atoms with Crippen LogP contribution < -0.4 is 5.32 Å². The molecule has 40 heavy (non-hydrogen) atoms. The van der Waals surface area contributed by atoms with Gasteiger partial charge in [0, 0.05) is 29.3 Å². The Labute approximate surface area is 241 Å². The maximum absolute atomic E-state index is 12.9. The molecule has 1 amide bonds. The lowest BCUT2D eigenvalue weighted by atomic mass is 10.2. The van der Waals surface area contributed by atoms with Crippen molar-refractivity contribution in [2.75, 3.05) is 11.1 Å². The van der Waals surface area contributed by atoms with E-state index in [9.17, 15) is 14.9 Å². The second kappa shape index (κ2) is 11.5. The van der Waals surface area contributed by atoms with Crippen molar-refractivity contribution in [3.8, 4) is 5.69 Å². The summed E-state index contributed by atoms with van der Waals surface area (Å²) in [6.45, 7) is 0. The molecule has 1 N–H and O–H groups in total. The van der Waals surface area contributed by atoms with E-state index in [2.05, 4.69) is 14.9 Å². The van der Waals surface area contributed by atoms with E-state index in [1.54, 1.807) is 35.2 Å². The van der Waals surface area contributed by atoms with E-state index in [1.807, 2.05) is 72.8 Å². The van der Waals surface area contributed by atoms with Gasteiger partial charge < -0.3 is 5.32 Å². The van der Waals surface area contributed by atoms with Crippen LogP contribution in [0.25, 0.3) is 26.9 Å². The number of para-hydroxylation sites is 3. The number of anilines is 1. The van der Waals surface area contributed by atoms with Crippen molar-refractivity contribution in [2.45, 2.75) is 15.2 Å². The Morgan fingerprint density at radius 1 is 0.900 bits per heavy atom. The number of nitro benzene ring substituents is 1. The van der Waals surface area contributed by atoms with Crippen molar-refractivity contribution in [3.63, 3.8) is 0 Å². The van der Waals surface area contributed by atoms with E-state index < -0.39 is 4.92 Å². The average Bonchev–Trinajstić information content (AvgIpc) is 3.56. The number of rotatable bonds is 9. The summed E-state index contributed by atoms with van der Waals surface area (Å²) >= 11 is 4.53. The molecule has 4 aromatic carbocycles. The third kappa shape index (κ3) is 5.71. The van der Waals surface area contributed by atoms with Crippen LogP contribution in [0.15, 0.2) is 107 Å². The second-order valence-corrected chi connectivity index (χ2v) is 12.0. The lowest BCUT2D eigenvalue weighted by Crippen LogP contribution is -2.14. The molecule has 198 valence electrons. The van der Waals surface area contributed by atoms with Crippen molar-refractivity contribution < 1.29 is 9.72 Å². The fourth-order valence-corrected chi connectivity index (χ4v) is 7.05. The number of benzene rings is 4. The summed E-state index contributed by atoms with van der Waals surface area (Å²) < 4.78 is 3.95. The Morgan fingerprint density at radius 2 is 1.68 bits per heavy atom. The molecule has 2 heterocycles. The number of nitrogens with zero attached hydrogens (tertiary/aromatic N) is 4. The fourth-order valence-electron chi connectivity index (χ4n) is 4.16. The number of fused-ring (bicyclic) bond motifs is 2. The van der Waals surface area contributed by atoms with E-state index in [0.29, 0.717) is 11.4 Å². The Bertz CT molecular complexity index is 1840. The minimum atomic E-state index is -0.402. The molecule has 0 radical (unpaired) electrons. The summed E-state index contributed by atoms with van der Waals surface area (Å²) in [6.07, 6.45) is 0. The predicted octanol–water partition coefficient (Wildman–Crippen LogP) is 7.57. The van der Waals surface area contributed by atoms with Gasteiger partial charge in [-0.2, -0.15) is 0 Å². The van der Waals surface area contributed by atoms with Gasteiger partial charge in [0.1, 0.15) is 0 Å². The Morgan fingerprint density at radius 3 is 2.48 bits per heavy atom. The lowest BCUT2D eigenvalue weighted by molar-refractivity contribution is -0.384. The van der Waals surface area contributed by atoms with Gasteiger partial charge in [0.2, 0.25) is 5.91 Å². The third-order valence-corrected chi connectivity index (χ3v) is 9.21. The number of thiazole rings is 1. The van der Waals surface area contributed by atoms with Crippen molar-refractivity contribution >= 4 is 73.4 Å². The van der Waals surface area contributed by atoms with E-state index in [0.717, 1.165) is 42.0 Å². The van der Waals surface area contributed by atoms with Crippen LogP contribution in [0.1, 0.15) is 5.56 Å². The van der Waals surface area contributed by atoms with Gasteiger partial charge in [0.15, 0.2) is 9.50 Å². The molecular weight excluding hydrogens is 563 g/mol. The molecule has 0 atom stereocenters. The van der Waals surface area contributed by atoms with Crippen LogP contribution >= 0.6 is 34.9 Å².